The first kappa shape index (κ1) is 96.6. The van der Waals surface area contributed by atoms with Gasteiger partial charge in [0.1, 0.15) is 47.3 Å². The highest BCUT2D eigenvalue weighted by Crippen LogP contribution is 2.37. The molecule has 12 amide bonds. The lowest BCUT2D eigenvalue weighted by Gasteiger charge is -2.40. The van der Waals surface area contributed by atoms with E-state index in [9.17, 15) is 97.1 Å². The number of ketones is 4. The van der Waals surface area contributed by atoms with Crippen molar-refractivity contribution in [3.8, 4) is 0 Å². The predicted molar refractivity (Wildman–Crippen MR) is 454 cm³/mol. The number of carbonyl (C=O) groups excluding carboxylic acids is 12. The van der Waals surface area contributed by atoms with Crippen LogP contribution in [0.5, 0.6) is 0 Å². The first-order valence-electron chi connectivity index (χ1n) is 43.1. The quantitative estimate of drug-likeness (QED) is 0.0307. The molecule has 9 heterocycles. The molecule has 36 nitrogen and oxygen atoms in total. The minimum Gasteiger partial charge on any atom is -0.480 e. The maximum absolute atomic E-state index is 13.9. The molecule has 9 saturated heterocycles. The fourth-order valence-corrected chi connectivity index (χ4v) is 24.4. The molecule has 9 aliphatic rings. The first-order chi connectivity index (χ1) is 57.3. The standard InChI is InChI=1S/C80H128N16O20S4/c1-45(33-49(97)13-5-7-15-61-69-53(41-117-61)85-77(113)89-69)35-51(99)21-23-57(73(105)106)93-25-26-94(58(74(107)108)24-22-52(100)36-46(2)34-50(98)14-6-8-16-62-70-54(42-118-62)86-78(114)90-70)28-30-96(60(76(111)112)40-82-68(104)38-48(4)84-66(102)20-12-10-18-64-72-56(44-120-64)88-80(116)92-72)32-31-95(29-27-93)59(75(109)110)39-81-67(103)37-47(3)83-65(101)19-11-9-17-63-71-55(43-119-63)87-79(115)91-71/h45-48,53-64,69-72H,5-44H2,1-4H3,(H,81,103)(H,82,104)(H,83,101)(H,84,102)(H,105,106)(H,107,108)(H,109,110)(H,111,112)(H2,85,89,113)(H2,86,90,114)(H2,87,91,115)(H2,88,92,116). The van der Waals surface area contributed by atoms with E-state index in [2.05, 4.69) is 63.8 Å². The summed E-state index contributed by atoms with van der Waals surface area (Å²) in [7, 11) is 0. The van der Waals surface area contributed by atoms with E-state index in [0.29, 0.717) is 38.5 Å². The van der Waals surface area contributed by atoms with Crippen LogP contribution in [0.4, 0.5) is 19.2 Å². The van der Waals surface area contributed by atoms with Gasteiger partial charge in [-0.25, -0.2) is 19.2 Å². The van der Waals surface area contributed by atoms with Crippen molar-refractivity contribution in [1.29, 1.82) is 0 Å². The van der Waals surface area contributed by atoms with Gasteiger partial charge in [0, 0.05) is 199 Å². The molecule has 120 heavy (non-hydrogen) atoms. The molecule has 20 atom stereocenters. The number of carboxylic acids is 4. The summed E-state index contributed by atoms with van der Waals surface area (Å²) in [5.74, 6) is -5.63. The Morgan fingerprint density at radius 2 is 0.583 bits per heavy atom. The van der Waals surface area contributed by atoms with Gasteiger partial charge in [0.15, 0.2) is 0 Å². The number of nitrogens with zero attached hydrogens (tertiary/aromatic N) is 4. The summed E-state index contributed by atoms with van der Waals surface area (Å²) in [6.45, 7) is 3.69. The summed E-state index contributed by atoms with van der Waals surface area (Å²) in [4.78, 5) is 217. The van der Waals surface area contributed by atoms with Crippen LogP contribution in [0.25, 0.3) is 0 Å². The van der Waals surface area contributed by atoms with Gasteiger partial charge in [-0.3, -0.25) is 77.1 Å². The van der Waals surface area contributed by atoms with E-state index < -0.39 is 85.0 Å². The molecule has 0 spiro atoms. The van der Waals surface area contributed by atoms with E-state index in [1.807, 2.05) is 0 Å². The molecule has 16 N–H and O–H groups in total. The SMILES string of the molecule is CC(CC(=O)CCCCC1SCC2NC(=O)NC21)CC(=O)CCC(C(=O)O)N1CCN(C(CCC(=O)CC(C)CC(=O)CCCCC2SCC3NC(=O)NC32)C(=O)O)CCN(C(CNC(=O)CC(C)NC(=O)CCCCC2SCC3NC(=O)NC32)C(=O)O)CCN(C(CNC(=O)CC(C)NC(=O)CCCCC2SCC3NC(=O)NC32)C(=O)O)CC1. The second-order valence-corrected chi connectivity index (χ2v) is 39.3. The molecular weight excluding hydrogens is 1630 g/mol. The Morgan fingerprint density at radius 1 is 0.333 bits per heavy atom. The van der Waals surface area contributed by atoms with Gasteiger partial charge < -0.3 is 84.2 Å². The lowest BCUT2D eigenvalue weighted by Crippen LogP contribution is -2.58. The number of amides is 12. The molecule has 0 radical (unpaired) electrons. The van der Waals surface area contributed by atoms with Crippen LogP contribution in [0.2, 0.25) is 0 Å². The molecule has 20 unspecified atom stereocenters. The fraction of sp³-hybridized carbons (Fsp3) is 0.800. The van der Waals surface area contributed by atoms with Gasteiger partial charge >= 0.3 is 48.0 Å². The van der Waals surface area contributed by atoms with Crippen molar-refractivity contribution in [2.45, 2.75) is 300 Å². The zero-order chi connectivity index (χ0) is 86.7. The van der Waals surface area contributed by atoms with Crippen LogP contribution in [-0.2, 0) is 57.5 Å². The van der Waals surface area contributed by atoms with Gasteiger partial charge in [-0.2, -0.15) is 47.0 Å². The number of urea groups is 4. The fourth-order valence-electron chi connectivity index (χ4n) is 18.2. The van der Waals surface area contributed by atoms with Gasteiger partial charge in [-0.15, -0.1) is 0 Å². The van der Waals surface area contributed by atoms with Crippen molar-refractivity contribution in [2.75, 3.05) is 88.5 Å². The number of carbonyl (C=O) groups is 16. The lowest BCUT2D eigenvalue weighted by atomic mass is 9.93. The van der Waals surface area contributed by atoms with E-state index in [1.54, 1.807) is 74.7 Å². The number of Topliss-reactive ketones (excluding diaryl/α,β-unsaturated/α-hetero) is 4. The van der Waals surface area contributed by atoms with Crippen molar-refractivity contribution >= 4 is 142 Å². The normalized spacial score (nSPS) is 27.0. The topological polar surface area (TPSA) is 511 Å². The predicted octanol–water partition coefficient (Wildman–Crippen LogP) is 2.62. The third-order valence-corrected chi connectivity index (χ3v) is 30.5. The molecule has 9 rings (SSSR count). The van der Waals surface area contributed by atoms with Gasteiger partial charge in [0.05, 0.1) is 48.3 Å². The van der Waals surface area contributed by atoms with Gasteiger partial charge in [0.2, 0.25) is 23.6 Å². The Morgan fingerprint density at radius 3 is 0.850 bits per heavy atom. The molecule has 0 aliphatic carbocycles. The van der Waals surface area contributed by atoms with E-state index in [4.69, 9.17) is 0 Å². The number of carboxylic acid groups (broad SMARTS) is 4. The molecule has 0 saturated carbocycles. The molecule has 0 aromatic heterocycles. The summed E-state index contributed by atoms with van der Waals surface area (Å²) in [6, 6.07) is -7.71. The Hall–Kier alpha value is -7.24. The number of hydrogen-bond acceptors (Lipinski definition) is 24. The van der Waals surface area contributed by atoms with Crippen molar-refractivity contribution in [2.24, 2.45) is 11.8 Å². The number of aliphatic carboxylic acids is 4. The zero-order valence-electron chi connectivity index (χ0n) is 69.6. The molecule has 9 aliphatic heterocycles. The highest BCUT2D eigenvalue weighted by molar-refractivity contribution is 8.01. The van der Waals surface area contributed by atoms with Crippen LogP contribution in [0.15, 0.2) is 0 Å². The second kappa shape index (κ2) is 48.1. The van der Waals surface area contributed by atoms with Crippen LogP contribution in [0, 0.1) is 11.8 Å². The maximum atomic E-state index is 13.9. The minimum absolute atomic E-state index is 0.0220. The third kappa shape index (κ3) is 30.6. The smallest absolute Gasteiger partial charge is 0.322 e. The molecular formula is C80H128N16O20S4. The third-order valence-electron chi connectivity index (χ3n) is 24.5. The molecule has 0 aromatic carbocycles. The van der Waals surface area contributed by atoms with Crippen molar-refractivity contribution in [3.63, 3.8) is 0 Å². The number of hydrogen-bond donors (Lipinski definition) is 16. The van der Waals surface area contributed by atoms with Gasteiger partial charge in [-0.05, 0) is 89.9 Å². The zero-order valence-corrected chi connectivity index (χ0v) is 72.8. The summed E-state index contributed by atoms with van der Waals surface area (Å²) < 4.78 is 0. The average Bonchev–Trinajstić information content (AvgIpc) is 1.67. The first-order valence-corrected chi connectivity index (χ1v) is 47.3. The molecule has 0 aromatic rings. The van der Waals surface area contributed by atoms with Crippen molar-refractivity contribution < 1.29 is 97.1 Å². The van der Waals surface area contributed by atoms with E-state index >= 15 is 0 Å². The average molecular weight is 1760 g/mol. The van der Waals surface area contributed by atoms with Crippen LogP contribution >= 0.6 is 47.0 Å². The van der Waals surface area contributed by atoms with E-state index in [1.165, 1.54) is 19.6 Å². The maximum Gasteiger partial charge on any atom is 0.322 e. The highest BCUT2D eigenvalue weighted by Gasteiger charge is 2.47. The summed E-state index contributed by atoms with van der Waals surface area (Å²) in [6.07, 6.45) is 8.17. The second-order valence-electron chi connectivity index (χ2n) is 34.2. The molecule has 672 valence electrons. The van der Waals surface area contributed by atoms with E-state index in [0.717, 1.165) is 74.4 Å². The van der Waals surface area contributed by atoms with Crippen LogP contribution in [-0.4, -0.2) is 329 Å². The minimum atomic E-state index is -1.57. The number of rotatable bonds is 52. The van der Waals surface area contributed by atoms with E-state index in [-0.39, 0.29) is 270 Å². The molecule has 40 heteroatoms. The summed E-state index contributed by atoms with van der Waals surface area (Å²) in [5, 5.41) is 80.2. The van der Waals surface area contributed by atoms with Gasteiger partial charge in [0.25, 0.3) is 0 Å². The highest BCUT2D eigenvalue weighted by atomic mass is 32.2. The number of unbranched alkanes of at least 4 members (excludes halogenated alkanes) is 4. The summed E-state index contributed by atoms with van der Waals surface area (Å²) in [5.41, 5.74) is 0. The van der Waals surface area contributed by atoms with Crippen LogP contribution < -0.4 is 63.8 Å². The monoisotopic (exact) mass is 1760 g/mol. The number of nitrogens with one attached hydrogen (secondary N) is 12. The largest absolute Gasteiger partial charge is 0.480 e. The molecule has 9 fully saturated rings. The van der Waals surface area contributed by atoms with Crippen LogP contribution in [0.3, 0.4) is 0 Å². The Labute approximate surface area is 718 Å². The molecule has 0 bridgehead atoms. The number of fused-ring (bicyclic) bond motifs is 4. The van der Waals surface area contributed by atoms with Crippen molar-refractivity contribution in [1.82, 2.24) is 83.4 Å². The van der Waals surface area contributed by atoms with Crippen molar-refractivity contribution in [3.05, 3.63) is 0 Å². The lowest BCUT2D eigenvalue weighted by molar-refractivity contribution is -0.148. The van der Waals surface area contributed by atoms with Crippen LogP contribution in [0.1, 0.15) is 195 Å². The Bertz CT molecular complexity index is 3130. The summed E-state index contributed by atoms with van der Waals surface area (Å²) >= 11 is 7.12. The Kier molecular flexibility index (Phi) is 38.7. The number of thioether (sulfide) groups is 4. The van der Waals surface area contributed by atoms with Gasteiger partial charge in [-0.1, -0.05) is 39.5 Å². The Balaban J connectivity index is 0.869.